The van der Waals surface area contributed by atoms with E-state index in [4.69, 9.17) is 5.11 Å². The van der Waals surface area contributed by atoms with E-state index in [1.54, 1.807) is 11.0 Å². The molecule has 0 bridgehead atoms. The van der Waals surface area contributed by atoms with Crippen molar-refractivity contribution in [3.8, 4) is 0 Å². The summed E-state index contributed by atoms with van der Waals surface area (Å²) in [5.74, 6) is 0. The first kappa shape index (κ1) is 9.15. The van der Waals surface area contributed by atoms with Crippen molar-refractivity contribution in [3.63, 3.8) is 0 Å². The van der Waals surface area contributed by atoms with Crippen LogP contribution in [0.1, 0.15) is 6.42 Å². The molecule has 2 N–H and O–H groups in total. The Balaban J connectivity index is 2.25. The maximum Gasteiger partial charge on any atom is 0.137 e. The molecule has 0 radical (unpaired) electrons. The second-order valence-corrected chi connectivity index (χ2v) is 2.62. The minimum atomic E-state index is 0.147. The van der Waals surface area contributed by atoms with Crippen LogP contribution in [-0.4, -0.2) is 39.6 Å². The highest BCUT2D eigenvalue weighted by Crippen LogP contribution is 1.93. The van der Waals surface area contributed by atoms with Crippen molar-refractivity contribution in [3.05, 3.63) is 12.7 Å². The Kier molecular flexibility index (Phi) is 3.69. The van der Waals surface area contributed by atoms with Crippen LogP contribution in [-0.2, 0) is 6.54 Å². The van der Waals surface area contributed by atoms with Crippen LogP contribution in [0, 0.1) is 0 Å². The monoisotopic (exact) mass is 170 g/mol. The number of aromatic nitrogens is 3. The van der Waals surface area contributed by atoms with Gasteiger partial charge in [-0.3, -0.25) is 4.68 Å². The van der Waals surface area contributed by atoms with Gasteiger partial charge in [-0.15, -0.1) is 0 Å². The Hall–Kier alpha value is -0.940. The molecule has 0 aliphatic heterocycles. The highest BCUT2D eigenvalue weighted by molar-refractivity contribution is 4.64. The minimum absolute atomic E-state index is 0.147. The fourth-order valence-corrected chi connectivity index (χ4v) is 0.963. The van der Waals surface area contributed by atoms with E-state index in [9.17, 15) is 0 Å². The molecule has 0 amide bonds. The van der Waals surface area contributed by atoms with Crippen LogP contribution in [0.3, 0.4) is 0 Å². The van der Waals surface area contributed by atoms with Crippen LogP contribution in [0.15, 0.2) is 12.7 Å². The molecule has 0 spiro atoms. The van der Waals surface area contributed by atoms with Crippen LogP contribution >= 0.6 is 0 Å². The highest BCUT2D eigenvalue weighted by Gasteiger charge is 2.03. The fourth-order valence-electron chi connectivity index (χ4n) is 0.963. The van der Waals surface area contributed by atoms with Gasteiger partial charge in [-0.25, -0.2) is 4.98 Å². The van der Waals surface area contributed by atoms with Gasteiger partial charge in [0.05, 0.1) is 6.61 Å². The number of nitrogens with one attached hydrogen (secondary N) is 1. The van der Waals surface area contributed by atoms with Gasteiger partial charge in [0.1, 0.15) is 12.7 Å². The number of hydrogen-bond acceptors (Lipinski definition) is 4. The van der Waals surface area contributed by atoms with Gasteiger partial charge in [-0.05, 0) is 13.5 Å². The van der Waals surface area contributed by atoms with E-state index < -0.39 is 0 Å². The molecule has 68 valence electrons. The Morgan fingerprint density at radius 3 is 3.00 bits per heavy atom. The molecule has 5 nitrogen and oxygen atoms in total. The number of likely N-dealkylation sites (N-methyl/N-ethyl adjacent to an activating group) is 1. The third kappa shape index (κ3) is 2.60. The number of aryl methyl sites for hydroxylation is 1. The molecule has 0 aliphatic rings. The van der Waals surface area contributed by atoms with Crippen molar-refractivity contribution in [2.45, 2.75) is 19.0 Å². The third-order valence-electron chi connectivity index (χ3n) is 1.80. The zero-order valence-corrected chi connectivity index (χ0v) is 7.14. The summed E-state index contributed by atoms with van der Waals surface area (Å²) in [7, 11) is 1.84. The SMILES string of the molecule is CNC(CO)CCn1cncn1. The molecule has 1 atom stereocenters. The van der Waals surface area contributed by atoms with E-state index >= 15 is 0 Å². The van der Waals surface area contributed by atoms with E-state index in [0.717, 1.165) is 13.0 Å². The second kappa shape index (κ2) is 4.84. The van der Waals surface area contributed by atoms with Gasteiger partial charge in [0, 0.05) is 12.6 Å². The lowest BCUT2D eigenvalue weighted by atomic mass is 10.2. The zero-order valence-electron chi connectivity index (χ0n) is 7.14. The quantitative estimate of drug-likeness (QED) is 0.610. The Labute approximate surface area is 71.4 Å². The molecule has 0 saturated heterocycles. The summed E-state index contributed by atoms with van der Waals surface area (Å²) in [5.41, 5.74) is 0. The van der Waals surface area contributed by atoms with Crippen LogP contribution in [0.25, 0.3) is 0 Å². The molecule has 5 heteroatoms. The van der Waals surface area contributed by atoms with Crippen molar-refractivity contribution in [2.75, 3.05) is 13.7 Å². The van der Waals surface area contributed by atoms with Gasteiger partial charge < -0.3 is 10.4 Å². The lowest BCUT2D eigenvalue weighted by Gasteiger charge is -2.11. The number of nitrogens with zero attached hydrogens (tertiary/aromatic N) is 3. The van der Waals surface area contributed by atoms with Crippen LogP contribution in [0.4, 0.5) is 0 Å². The van der Waals surface area contributed by atoms with Gasteiger partial charge in [0.15, 0.2) is 0 Å². The number of aliphatic hydroxyl groups excluding tert-OH is 1. The average Bonchev–Trinajstić information content (AvgIpc) is 2.59. The summed E-state index contributed by atoms with van der Waals surface area (Å²) in [6.45, 7) is 0.942. The van der Waals surface area contributed by atoms with Crippen LogP contribution < -0.4 is 5.32 Å². The van der Waals surface area contributed by atoms with Crippen molar-refractivity contribution in [2.24, 2.45) is 0 Å². The van der Waals surface area contributed by atoms with Crippen LogP contribution in [0.5, 0.6) is 0 Å². The van der Waals surface area contributed by atoms with Crippen molar-refractivity contribution in [1.29, 1.82) is 0 Å². The summed E-state index contributed by atoms with van der Waals surface area (Å²) >= 11 is 0. The summed E-state index contributed by atoms with van der Waals surface area (Å²) in [6, 6.07) is 0.147. The molecule has 1 unspecified atom stereocenters. The van der Waals surface area contributed by atoms with E-state index in [-0.39, 0.29) is 12.6 Å². The maximum absolute atomic E-state index is 8.85. The molecule has 0 saturated carbocycles. The zero-order chi connectivity index (χ0) is 8.81. The van der Waals surface area contributed by atoms with Crippen molar-refractivity contribution in [1.82, 2.24) is 20.1 Å². The largest absolute Gasteiger partial charge is 0.395 e. The predicted octanol–water partition coefficient (Wildman–Crippen LogP) is -0.752. The third-order valence-corrected chi connectivity index (χ3v) is 1.80. The Morgan fingerprint density at radius 1 is 1.67 bits per heavy atom. The molecule has 0 aromatic carbocycles. The Morgan fingerprint density at radius 2 is 2.50 bits per heavy atom. The van der Waals surface area contributed by atoms with Crippen molar-refractivity contribution >= 4 is 0 Å². The maximum atomic E-state index is 8.85. The molecule has 0 fully saturated rings. The van der Waals surface area contributed by atoms with Crippen molar-refractivity contribution < 1.29 is 5.11 Å². The molecular formula is C7H14N4O. The molecule has 1 heterocycles. The molecule has 0 aliphatic carbocycles. The minimum Gasteiger partial charge on any atom is -0.395 e. The average molecular weight is 170 g/mol. The fraction of sp³-hybridized carbons (Fsp3) is 0.714. The van der Waals surface area contributed by atoms with E-state index in [2.05, 4.69) is 15.4 Å². The van der Waals surface area contributed by atoms with Gasteiger partial charge in [0.2, 0.25) is 0 Å². The van der Waals surface area contributed by atoms with E-state index in [1.165, 1.54) is 6.33 Å². The predicted molar refractivity (Wildman–Crippen MR) is 44.6 cm³/mol. The smallest absolute Gasteiger partial charge is 0.137 e. The number of hydrogen-bond donors (Lipinski definition) is 2. The first-order valence-electron chi connectivity index (χ1n) is 3.97. The topological polar surface area (TPSA) is 63.0 Å². The summed E-state index contributed by atoms with van der Waals surface area (Å²) in [4.78, 5) is 3.82. The molecule has 1 aromatic rings. The lowest BCUT2D eigenvalue weighted by Crippen LogP contribution is -2.30. The summed E-state index contributed by atoms with van der Waals surface area (Å²) in [5, 5.41) is 15.8. The second-order valence-electron chi connectivity index (χ2n) is 2.62. The number of rotatable bonds is 5. The summed E-state index contributed by atoms with van der Waals surface area (Å²) < 4.78 is 1.75. The molecule has 12 heavy (non-hydrogen) atoms. The van der Waals surface area contributed by atoms with Gasteiger partial charge >= 0.3 is 0 Å². The van der Waals surface area contributed by atoms with Gasteiger partial charge in [-0.2, -0.15) is 5.10 Å². The standard InChI is InChI=1S/C7H14N4O/c1-8-7(4-12)2-3-11-6-9-5-10-11/h5-8,12H,2-4H2,1H3. The lowest BCUT2D eigenvalue weighted by molar-refractivity contribution is 0.236. The summed E-state index contributed by atoms with van der Waals surface area (Å²) in [6.07, 6.45) is 4.04. The first-order chi connectivity index (χ1) is 5.86. The number of aliphatic hydroxyl groups is 1. The van der Waals surface area contributed by atoms with Gasteiger partial charge in [0.25, 0.3) is 0 Å². The molecule has 1 aromatic heterocycles. The van der Waals surface area contributed by atoms with E-state index in [0.29, 0.717) is 0 Å². The first-order valence-corrected chi connectivity index (χ1v) is 3.97. The Bertz CT molecular complexity index is 195. The molecule has 1 rings (SSSR count). The van der Waals surface area contributed by atoms with E-state index in [1.807, 2.05) is 7.05 Å². The molecular weight excluding hydrogens is 156 g/mol. The highest BCUT2D eigenvalue weighted by atomic mass is 16.3. The van der Waals surface area contributed by atoms with Gasteiger partial charge in [-0.1, -0.05) is 0 Å². The normalized spacial score (nSPS) is 13.2. The van der Waals surface area contributed by atoms with Crippen LogP contribution in [0.2, 0.25) is 0 Å².